The number of esters is 1. The van der Waals surface area contributed by atoms with Crippen molar-refractivity contribution in [2.24, 2.45) is 4.99 Å². The normalized spacial score (nSPS) is 11.7. The molecule has 0 radical (unpaired) electrons. The molecule has 0 aliphatic carbocycles. The van der Waals surface area contributed by atoms with Crippen molar-refractivity contribution in [2.75, 3.05) is 6.61 Å². The summed E-state index contributed by atoms with van der Waals surface area (Å²) >= 11 is 0. The van der Waals surface area contributed by atoms with Gasteiger partial charge in [0.05, 0.1) is 6.61 Å². The Balaban J connectivity index is 3.76. The smallest absolute Gasteiger partial charge is 0.331 e. The molecule has 110 valence electrons. The molecule has 1 atom stereocenters. The van der Waals surface area contributed by atoms with E-state index >= 15 is 0 Å². The molecule has 4 heteroatoms. The molecule has 0 aromatic rings. The number of hydrogen-bond donors (Lipinski definition) is 0. The predicted octanol–water partition coefficient (Wildman–Crippen LogP) is 3.78. The summed E-state index contributed by atoms with van der Waals surface area (Å²) in [5.41, 5.74) is 0. The largest absolute Gasteiger partial charge is 0.464 e. The first-order valence-corrected chi connectivity index (χ1v) is 7.49. The van der Waals surface area contributed by atoms with Crippen LogP contribution in [0.1, 0.15) is 71.6 Å². The molecule has 4 nitrogen and oxygen atoms in total. The van der Waals surface area contributed by atoms with E-state index in [-0.39, 0.29) is 0 Å². The van der Waals surface area contributed by atoms with Crippen LogP contribution in [0, 0.1) is 0 Å². The van der Waals surface area contributed by atoms with Crippen molar-refractivity contribution in [3.8, 4) is 0 Å². The van der Waals surface area contributed by atoms with Crippen LogP contribution < -0.4 is 0 Å². The molecule has 0 aliphatic rings. The number of hydrogen-bond acceptors (Lipinski definition) is 4. The van der Waals surface area contributed by atoms with Gasteiger partial charge in [-0.25, -0.2) is 9.59 Å². The molecule has 0 bridgehead atoms. The van der Waals surface area contributed by atoms with Crippen LogP contribution >= 0.6 is 0 Å². The lowest BCUT2D eigenvalue weighted by molar-refractivity contribution is -0.145. The van der Waals surface area contributed by atoms with E-state index in [2.05, 4.69) is 11.9 Å². The van der Waals surface area contributed by atoms with Gasteiger partial charge in [0.1, 0.15) is 0 Å². The minimum atomic E-state index is -0.653. The lowest BCUT2D eigenvalue weighted by Crippen LogP contribution is -2.21. The second-order valence-electron chi connectivity index (χ2n) is 4.81. The van der Waals surface area contributed by atoms with Crippen LogP contribution in [0.3, 0.4) is 0 Å². The summed E-state index contributed by atoms with van der Waals surface area (Å²) in [7, 11) is 0. The molecule has 0 N–H and O–H groups in total. The maximum atomic E-state index is 11.6. The van der Waals surface area contributed by atoms with Gasteiger partial charge in [-0.3, -0.25) is 0 Å². The van der Waals surface area contributed by atoms with E-state index in [1.165, 1.54) is 38.2 Å². The molecule has 0 fully saturated rings. The lowest BCUT2D eigenvalue weighted by atomic mass is 10.1. The summed E-state index contributed by atoms with van der Waals surface area (Å²) < 4.78 is 5.00. The molecular formula is C15H27NO3. The number of nitrogens with zero attached hydrogens (tertiary/aromatic N) is 1. The maximum absolute atomic E-state index is 11.6. The molecule has 0 spiro atoms. The maximum Gasteiger partial charge on any atom is 0.331 e. The van der Waals surface area contributed by atoms with Gasteiger partial charge in [0.25, 0.3) is 0 Å². The van der Waals surface area contributed by atoms with Crippen LogP contribution in [-0.4, -0.2) is 24.7 Å². The molecule has 19 heavy (non-hydrogen) atoms. The topological polar surface area (TPSA) is 55.7 Å². The van der Waals surface area contributed by atoms with Crippen molar-refractivity contribution in [1.29, 1.82) is 0 Å². The van der Waals surface area contributed by atoms with Gasteiger partial charge in [-0.15, -0.1) is 0 Å². The first-order chi connectivity index (χ1) is 9.26. The molecule has 0 heterocycles. The van der Waals surface area contributed by atoms with E-state index in [9.17, 15) is 9.59 Å². The van der Waals surface area contributed by atoms with Gasteiger partial charge in [0.2, 0.25) is 6.08 Å². The molecule has 0 aromatic heterocycles. The number of ether oxygens (including phenoxy) is 1. The Hall–Kier alpha value is -1.15. The van der Waals surface area contributed by atoms with Crippen molar-refractivity contribution < 1.29 is 14.3 Å². The highest BCUT2D eigenvalue weighted by Gasteiger charge is 2.18. The minimum Gasteiger partial charge on any atom is -0.464 e. The molecule has 0 aromatic carbocycles. The van der Waals surface area contributed by atoms with Crippen LogP contribution in [0.25, 0.3) is 0 Å². The Morgan fingerprint density at radius 2 is 1.68 bits per heavy atom. The van der Waals surface area contributed by atoms with Crippen LogP contribution in [-0.2, 0) is 14.3 Å². The molecular weight excluding hydrogens is 242 g/mol. The Kier molecular flexibility index (Phi) is 12.5. The molecule has 0 saturated carbocycles. The average Bonchev–Trinajstić information content (AvgIpc) is 2.42. The summed E-state index contributed by atoms with van der Waals surface area (Å²) in [6.07, 6.45) is 11.1. The monoisotopic (exact) mass is 269 g/mol. The zero-order valence-corrected chi connectivity index (χ0v) is 12.3. The second-order valence-corrected chi connectivity index (χ2v) is 4.81. The van der Waals surface area contributed by atoms with Gasteiger partial charge in [0, 0.05) is 0 Å². The molecule has 0 amide bonds. The van der Waals surface area contributed by atoms with Crippen molar-refractivity contribution >= 4 is 12.0 Å². The lowest BCUT2D eigenvalue weighted by Gasteiger charge is -2.10. The third kappa shape index (κ3) is 10.5. The number of aliphatic imine (C=N–C) groups is 1. The van der Waals surface area contributed by atoms with Crippen molar-refractivity contribution in [1.82, 2.24) is 0 Å². The number of isocyanates is 1. The highest BCUT2D eigenvalue weighted by molar-refractivity contribution is 5.76. The number of carbonyl (C=O) groups is 1. The van der Waals surface area contributed by atoms with Crippen molar-refractivity contribution in [2.45, 2.75) is 77.7 Å². The SMILES string of the molecule is CCCCCCCCCC(N=C=O)C(=O)OCCC. The van der Waals surface area contributed by atoms with Crippen LogP contribution in [0.5, 0.6) is 0 Å². The van der Waals surface area contributed by atoms with E-state index < -0.39 is 12.0 Å². The summed E-state index contributed by atoms with van der Waals surface area (Å²) in [6.45, 7) is 4.52. The second kappa shape index (κ2) is 13.3. The summed E-state index contributed by atoms with van der Waals surface area (Å²) in [4.78, 5) is 25.4. The van der Waals surface area contributed by atoms with Gasteiger partial charge < -0.3 is 4.74 Å². The first-order valence-electron chi connectivity index (χ1n) is 7.49. The fourth-order valence-corrected chi connectivity index (χ4v) is 1.89. The molecule has 0 rings (SSSR count). The number of unbranched alkanes of at least 4 members (excludes halogenated alkanes) is 6. The van der Waals surface area contributed by atoms with E-state index in [0.29, 0.717) is 13.0 Å². The number of rotatable bonds is 12. The predicted molar refractivity (Wildman–Crippen MR) is 75.8 cm³/mol. The zero-order valence-electron chi connectivity index (χ0n) is 12.3. The highest BCUT2D eigenvalue weighted by Crippen LogP contribution is 2.12. The van der Waals surface area contributed by atoms with E-state index in [4.69, 9.17) is 4.74 Å². The quantitative estimate of drug-likeness (QED) is 0.234. The van der Waals surface area contributed by atoms with Gasteiger partial charge >= 0.3 is 5.97 Å². The summed E-state index contributed by atoms with van der Waals surface area (Å²) in [5, 5.41) is 0. The molecule has 1 unspecified atom stereocenters. The Labute approximate surface area is 116 Å². The van der Waals surface area contributed by atoms with E-state index in [1.54, 1.807) is 0 Å². The van der Waals surface area contributed by atoms with Gasteiger partial charge in [0.15, 0.2) is 6.04 Å². The van der Waals surface area contributed by atoms with Gasteiger partial charge in [-0.1, -0.05) is 58.8 Å². The van der Waals surface area contributed by atoms with Crippen molar-refractivity contribution in [3.05, 3.63) is 0 Å². The van der Waals surface area contributed by atoms with Crippen molar-refractivity contribution in [3.63, 3.8) is 0 Å². The zero-order chi connectivity index (χ0) is 14.3. The Morgan fingerprint density at radius 3 is 2.26 bits per heavy atom. The molecule has 0 saturated heterocycles. The van der Waals surface area contributed by atoms with E-state index in [1.807, 2.05) is 6.92 Å². The average molecular weight is 269 g/mol. The summed E-state index contributed by atoms with van der Waals surface area (Å²) in [5.74, 6) is -0.392. The van der Waals surface area contributed by atoms with E-state index in [0.717, 1.165) is 19.3 Å². The summed E-state index contributed by atoms with van der Waals surface area (Å²) in [6, 6.07) is -0.653. The van der Waals surface area contributed by atoms with Gasteiger partial charge in [-0.2, -0.15) is 4.99 Å². The number of carbonyl (C=O) groups excluding carboxylic acids is 2. The third-order valence-electron chi connectivity index (χ3n) is 3.01. The van der Waals surface area contributed by atoms with Crippen LogP contribution in [0.2, 0.25) is 0 Å². The van der Waals surface area contributed by atoms with Crippen LogP contribution in [0.15, 0.2) is 4.99 Å². The highest BCUT2D eigenvalue weighted by atomic mass is 16.5. The van der Waals surface area contributed by atoms with Gasteiger partial charge in [-0.05, 0) is 12.8 Å². The van der Waals surface area contributed by atoms with Crippen LogP contribution in [0.4, 0.5) is 0 Å². The minimum absolute atomic E-state index is 0.390. The third-order valence-corrected chi connectivity index (χ3v) is 3.01. The Morgan fingerprint density at radius 1 is 1.05 bits per heavy atom. The first kappa shape index (κ1) is 17.8. The fourth-order valence-electron chi connectivity index (χ4n) is 1.89. The molecule has 0 aliphatic heterocycles. The Bertz CT molecular complexity index is 273. The fraction of sp³-hybridized carbons (Fsp3) is 0.867. The standard InChI is InChI=1S/C15H27NO3/c1-3-5-6-7-8-9-10-11-14(16-13-17)15(18)19-12-4-2/h14H,3-12H2,1-2H3.